The fraction of sp³-hybridized carbons (Fsp3) is 0.647. The summed E-state index contributed by atoms with van der Waals surface area (Å²) in [5.74, 6) is 2.76. The minimum atomic E-state index is 0.851. The first kappa shape index (κ1) is 17.3. The van der Waals surface area contributed by atoms with E-state index in [2.05, 4.69) is 50.2 Å². The van der Waals surface area contributed by atoms with Crippen LogP contribution in [0.2, 0.25) is 0 Å². The number of rotatable bonds is 6. The molecule has 2 nitrogen and oxygen atoms in total. The normalized spacial score (nSPS) is 22.3. The van der Waals surface area contributed by atoms with Gasteiger partial charge in [0, 0.05) is 16.6 Å². The van der Waals surface area contributed by atoms with Crippen molar-refractivity contribution in [1.29, 1.82) is 0 Å². The van der Waals surface area contributed by atoms with E-state index in [1.165, 1.54) is 37.7 Å². The average Bonchev–Trinajstić information content (AvgIpc) is 2.43. The summed E-state index contributed by atoms with van der Waals surface area (Å²) < 4.78 is 7.56. The van der Waals surface area contributed by atoms with E-state index in [1.807, 2.05) is 6.07 Å². The number of nitrogens with one attached hydrogen (secondary N) is 1. The van der Waals surface area contributed by atoms with Crippen LogP contribution in [0.4, 0.5) is 0 Å². The summed E-state index contributed by atoms with van der Waals surface area (Å²) in [6.45, 7) is 4.33. The van der Waals surface area contributed by atoms with E-state index in [0.717, 1.165) is 39.6 Å². The Morgan fingerprint density at radius 2 is 2.10 bits per heavy atom. The van der Waals surface area contributed by atoms with E-state index < -0.39 is 0 Å². The molecule has 1 N–H and O–H groups in total. The predicted octanol–water partition coefficient (Wildman–Crippen LogP) is 5.53. The molecule has 1 aromatic rings. The van der Waals surface area contributed by atoms with E-state index in [0.29, 0.717) is 0 Å². The van der Waals surface area contributed by atoms with E-state index in [1.54, 1.807) is 7.11 Å². The summed E-state index contributed by atoms with van der Waals surface area (Å²) in [4.78, 5) is 0. The minimum absolute atomic E-state index is 0.851. The van der Waals surface area contributed by atoms with Gasteiger partial charge in [0.2, 0.25) is 0 Å². The van der Waals surface area contributed by atoms with Crippen LogP contribution in [0, 0.1) is 11.8 Å². The molecule has 0 aliphatic heterocycles. The molecule has 1 saturated carbocycles. The van der Waals surface area contributed by atoms with Crippen molar-refractivity contribution >= 4 is 31.9 Å². The summed E-state index contributed by atoms with van der Waals surface area (Å²) in [5, 5.41) is 3.57. The van der Waals surface area contributed by atoms with Gasteiger partial charge < -0.3 is 10.1 Å². The van der Waals surface area contributed by atoms with Gasteiger partial charge in [-0.25, -0.2) is 0 Å². The van der Waals surface area contributed by atoms with Crippen molar-refractivity contribution < 1.29 is 4.74 Å². The second kappa shape index (κ2) is 8.54. The second-order valence-electron chi connectivity index (χ2n) is 6.18. The highest BCUT2D eigenvalue weighted by Crippen LogP contribution is 2.33. The largest absolute Gasteiger partial charge is 0.495 e. The highest BCUT2D eigenvalue weighted by Gasteiger charge is 2.18. The second-order valence-corrected chi connectivity index (χ2v) is 7.95. The van der Waals surface area contributed by atoms with Crippen LogP contribution in [0.5, 0.6) is 5.75 Å². The van der Waals surface area contributed by atoms with Gasteiger partial charge in [0.1, 0.15) is 5.75 Å². The van der Waals surface area contributed by atoms with Gasteiger partial charge in [0.15, 0.2) is 0 Å². The zero-order valence-electron chi connectivity index (χ0n) is 12.9. The van der Waals surface area contributed by atoms with Crippen LogP contribution in [-0.2, 0) is 6.54 Å². The Morgan fingerprint density at radius 1 is 1.29 bits per heavy atom. The van der Waals surface area contributed by atoms with Gasteiger partial charge in [-0.1, -0.05) is 42.1 Å². The first-order chi connectivity index (χ1) is 10.1. The van der Waals surface area contributed by atoms with Crippen LogP contribution in [0.15, 0.2) is 21.1 Å². The van der Waals surface area contributed by atoms with Gasteiger partial charge in [0.05, 0.1) is 11.6 Å². The maximum absolute atomic E-state index is 5.48. The minimum Gasteiger partial charge on any atom is -0.495 e. The number of methoxy groups -OCH3 is 1. The zero-order valence-corrected chi connectivity index (χ0v) is 16.1. The smallest absolute Gasteiger partial charge is 0.137 e. The maximum Gasteiger partial charge on any atom is 0.137 e. The third kappa shape index (κ3) is 5.26. The third-order valence-electron chi connectivity index (χ3n) is 4.38. The summed E-state index contributed by atoms with van der Waals surface area (Å²) in [5.41, 5.74) is 1.19. The van der Waals surface area contributed by atoms with Crippen molar-refractivity contribution in [2.75, 3.05) is 13.7 Å². The molecule has 1 aliphatic carbocycles. The molecular formula is C17H25Br2NO. The highest BCUT2D eigenvalue weighted by atomic mass is 79.9. The van der Waals surface area contributed by atoms with Crippen molar-refractivity contribution in [2.24, 2.45) is 11.8 Å². The van der Waals surface area contributed by atoms with E-state index in [9.17, 15) is 0 Å². The zero-order chi connectivity index (χ0) is 15.2. The van der Waals surface area contributed by atoms with E-state index in [-0.39, 0.29) is 0 Å². The van der Waals surface area contributed by atoms with Crippen molar-refractivity contribution in [3.63, 3.8) is 0 Å². The van der Waals surface area contributed by atoms with Crippen LogP contribution in [-0.4, -0.2) is 13.7 Å². The molecule has 2 atom stereocenters. The Hall–Kier alpha value is -0.0600. The van der Waals surface area contributed by atoms with Gasteiger partial charge in [-0.3, -0.25) is 0 Å². The van der Waals surface area contributed by atoms with E-state index in [4.69, 9.17) is 4.74 Å². The molecular weight excluding hydrogens is 394 g/mol. The number of hydrogen-bond acceptors (Lipinski definition) is 2. The SMILES string of the molecule is COc1c(Br)cc(Br)cc1CNCCC1CCCC(C)C1. The number of benzene rings is 1. The molecule has 4 heteroatoms. The molecule has 1 aliphatic rings. The van der Waals surface area contributed by atoms with Gasteiger partial charge in [-0.05, 0) is 59.3 Å². The summed E-state index contributed by atoms with van der Waals surface area (Å²) in [7, 11) is 1.72. The van der Waals surface area contributed by atoms with Crippen LogP contribution in [0.1, 0.15) is 44.6 Å². The van der Waals surface area contributed by atoms with Crippen LogP contribution >= 0.6 is 31.9 Å². The monoisotopic (exact) mass is 417 g/mol. The topological polar surface area (TPSA) is 21.3 Å². The molecule has 0 amide bonds. The molecule has 0 aromatic heterocycles. The van der Waals surface area contributed by atoms with Crippen LogP contribution in [0.25, 0.3) is 0 Å². The van der Waals surface area contributed by atoms with Crippen LogP contribution in [0.3, 0.4) is 0 Å². The quantitative estimate of drug-likeness (QED) is 0.613. The molecule has 0 saturated heterocycles. The van der Waals surface area contributed by atoms with Crippen molar-refractivity contribution in [3.8, 4) is 5.75 Å². The fourth-order valence-electron chi connectivity index (χ4n) is 3.32. The molecule has 0 spiro atoms. The summed E-state index contributed by atoms with van der Waals surface area (Å²) in [6, 6.07) is 4.14. The van der Waals surface area contributed by atoms with Crippen molar-refractivity contribution in [1.82, 2.24) is 5.32 Å². The third-order valence-corrected chi connectivity index (χ3v) is 5.43. The molecule has 0 radical (unpaired) electrons. The van der Waals surface area contributed by atoms with Gasteiger partial charge in [-0.2, -0.15) is 0 Å². The molecule has 2 unspecified atom stereocenters. The lowest BCUT2D eigenvalue weighted by Crippen LogP contribution is -2.21. The molecule has 118 valence electrons. The summed E-state index contributed by atoms with van der Waals surface area (Å²) >= 11 is 7.09. The Bertz CT molecular complexity index is 464. The van der Waals surface area contributed by atoms with Gasteiger partial charge >= 0.3 is 0 Å². The first-order valence-electron chi connectivity index (χ1n) is 7.82. The Kier molecular flexibility index (Phi) is 7.03. The maximum atomic E-state index is 5.48. The molecule has 0 heterocycles. The first-order valence-corrected chi connectivity index (χ1v) is 9.41. The number of hydrogen-bond donors (Lipinski definition) is 1. The highest BCUT2D eigenvalue weighted by molar-refractivity contribution is 9.11. The molecule has 0 bridgehead atoms. The lowest BCUT2D eigenvalue weighted by molar-refractivity contribution is 0.267. The van der Waals surface area contributed by atoms with Gasteiger partial charge in [-0.15, -0.1) is 0 Å². The number of halogens is 2. The number of ether oxygens (including phenoxy) is 1. The van der Waals surface area contributed by atoms with Crippen molar-refractivity contribution in [2.45, 2.75) is 45.6 Å². The Labute approximate surface area is 145 Å². The average molecular weight is 419 g/mol. The van der Waals surface area contributed by atoms with Crippen molar-refractivity contribution in [3.05, 3.63) is 26.6 Å². The van der Waals surface area contributed by atoms with Gasteiger partial charge in [0.25, 0.3) is 0 Å². The molecule has 1 aromatic carbocycles. The Balaban J connectivity index is 1.80. The lowest BCUT2D eigenvalue weighted by atomic mass is 9.81. The fourth-order valence-corrected chi connectivity index (χ4v) is 4.80. The lowest BCUT2D eigenvalue weighted by Gasteiger charge is -2.26. The van der Waals surface area contributed by atoms with Crippen LogP contribution < -0.4 is 10.1 Å². The predicted molar refractivity (Wildman–Crippen MR) is 95.8 cm³/mol. The summed E-state index contributed by atoms with van der Waals surface area (Å²) in [6.07, 6.45) is 6.96. The van der Waals surface area contributed by atoms with E-state index >= 15 is 0 Å². The molecule has 21 heavy (non-hydrogen) atoms. The molecule has 2 rings (SSSR count). The standard InChI is InChI=1S/C17H25Br2NO/c1-12-4-3-5-13(8-12)6-7-20-11-14-9-15(18)10-16(19)17(14)21-2/h9-10,12-13,20H,3-8,11H2,1-2H3. The Morgan fingerprint density at radius 3 is 2.81 bits per heavy atom. The molecule has 1 fully saturated rings.